The molecule has 2 aromatic rings. The van der Waals surface area contributed by atoms with Crippen molar-refractivity contribution < 1.29 is 14.3 Å². The summed E-state index contributed by atoms with van der Waals surface area (Å²) in [5.41, 5.74) is 2.21. The topological polar surface area (TPSA) is 58.6 Å². The molecule has 0 spiro atoms. The van der Waals surface area contributed by atoms with Crippen LogP contribution in [0.3, 0.4) is 0 Å². The highest BCUT2D eigenvalue weighted by Gasteiger charge is 2.28. The van der Waals surface area contributed by atoms with Crippen molar-refractivity contribution in [3.8, 4) is 5.75 Å². The van der Waals surface area contributed by atoms with E-state index in [4.69, 9.17) is 4.74 Å². The molecule has 2 amide bonds. The standard InChI is InChI=1S/C27H36N2O3/c1-20(2)23-14-16-25(17-15-23)32-19-26(30)29(18-22-10-6-4-7-11-22)21(3)27(31)28-24-12-8-5-9-13-24/h4,6-7,10-11,14-17,20-21,24H,5,8-9,12-13,18-19H2,1-3H3,(H,28,31). The van der Waals surface area contributed by atoms with Gasteiger partial charge in [-0.15, -0.1) is 0 Å². The summed E-state index contributed by atoms with van der Waals surface area (Å²) in [7, 11) is 0. The van der Waals surface area contributed by atoms with Crippen LogP contribution in [0.15, 0.2) is 54.6 Å². The van der Waals surface area contributed by atoms with Crippen molar-refractivity contribution in [1.82, 2.24) is 10.2 Å². The van der Waals surface area contributed by atoms with E-state index in [1.165, 1.54) is 12.0 Å². The van der Waals surface area contributed by atoms with E-state index in [0.29, 0.717) is 18.2 Å². The maximum absolute atomic E-state index is 13.2. The molecule has 1 aliphatic carbocycles. The summed E-state index contributed by atoms with van der Waals surface area (Å²) in [6, 6.07) is 17.2. The second-order valence-corrected chi connectivity index (χ2v) is 9.04. The lowest BCUT2D eigenvalue weighted by atomic mass is 9.95. The van der Waals surface area contributed by atoms with Gasteiger partial charge in [-0.25, -0.2) is 0 Å². The van der Waals surface area contributed by atoms with Crippen LogP contribution in [0.4, 0.5) is 0 Å². The molecule has 0 heterocycles. The molecule has 32 heavy (non-hydrogen) atoms. The van der Waals surface area contributed by atoms with Crippen LogP contribution < -0.4 is 10.1 Å². The second kappa shape index (κ2) is 11.7. The van der Waals surface area contributed by atoms with Gasteiger partial charge in [0, 0.05) is 12.6 Å². The minimum absolute atomic E-state index is 0.0949. The molecule has 1 atom stereocenters. The average Bonchev–Trinajstić information content (AvgIpc) is 2.82. The molecule has 3 rings (SSSR count). The van der Waals surface area contributed by atoms with Crippen LogP contribution in [0.25, 0.3) is 0 Å². The van der Waals surface area contributed by atoms with Crippen LogP contribution in [0.1, 0.15) is 69.9 Å². The predicted octanol–water partition coefficient (Wildman–Crippen LogP) is 5.06. The lowest BCUT2D eigenvalue weighted by Gasteiger charge is -2.31. The van der Waals surface area contributed by atoms with Crippen molar-refractivity contribution in [3.05, 3.63) is 65.7 Å². The first-order valence-corrected chi connectivity index (χ1v) is 11.8. The Bertz CT molecular complexity index is 858. The molecule has 0 saturated heterocycles. The van der Waals surface area contributed by atoms with Crippen LogP contribution in [-0.4, -0.2) is 35.4 Å². The molecule has 0 aromatic heterocycles. The maximum Gasteiger partial charge on any atom is 0.261 e. The van der Waals surface area contributed by atoms with Gasteiger partial charge in [-0.2, -0.15) is 0 Å². The molecule has 0 radical (unpaired) electrons. The molecule has 5 heteroatoms. The first-order chi connectivity index (χ1) is 15.4. The average molecular weight is 437 g/mol. The highest BCUT2D eigenvalue weighted by Crippen LogP contribution is 2.20. The Hall–Kier alpha value is -2.82. The van der Waals surface area contributed by atoms with Gasteiger partial charge in [-0.05, 0) is 48.9 Å². The van der Waals surface area contributed by atoms with Crippen LogP contribution in [0, 0.1) is 0 Å². The number of nitrogens with one attached hydrogen (secondary N) is 1. The van der Waals surface area contributed by atoms with Gasteiger partial charge >= 0.3 is 0 Å². The molecule has 5 nitrogen and oxygen atoms in total. The zero-order valence-electron chi connectivity index (χ0n) is 19.5. The minimum Gasteiger partial charge on any atom is -0.484 e. The van der Waals surface area contributed by atoms with Gasteiger partial charge < -0.3 is 15.0 Å². The minimum atomic E-state index is -0.573. The summed E-state index contributed by atoms with van der Waals surface area (Å²) in [5.74, 6) is 0.799. The molecule has 1 N–H and O–H groups in total. The number of rotatable bonds is 9. The first kappa shape index (κ1) is 23.8. The number of carbonyl (C=O) groups excluding carboxylic acids is 2. The Kier molecular flexibility index (Phi) is 8.72. The number of nitrogens with zero attached hydrogens (tertiary/aromatic N) is 1. The molecule has 172 valence electrons. The van der Waals surface area contributed by atoms with Crippen molar-refractivity contribution in [2.45, 2.75) is 77.4 Å². The zero-order chi connectivity index (χ0) is 22.9. The summed E-state index contributed by atoms with van der Waals surface area (Å²) in [4.78, 5) is 27.8. The summed E-state index contributed by atoms with van der Waals surface area (Å²) < 4.78 is 5.78. The van der Waals surface area contributed by atoms with E-state index in [-0.39, 0.29) is 24.5 Å². The van der Waals surface area contributed by atoms with Gasteiger partial charge in [0.1, 0.15) is 11.8 Å². The first-order valence-electron chi connectivity index (χ1n) is 11.8. The fourth-order valence-corrected chi connectivity index (χ4v) is 4.11. The Morgan fingerprint density at radius 2 is 1.62 bits per heavy atom. The van der Waals surface area contributed by atoms with Crippen LogP contribution in [0.5, 0.6) is 5.75 Å². The van der Waals surface area contributed by atoms with E-state index in [9.17, 15) is 9.59 Å². The normalized spacial score (nSPS) is 15.2. The number of carbonyl (C=O) groups is 2. The van der Waals surface area contributed by atoms with Gasteiger partial charge in [-0.1, -0.05) is 75.6 Å². The fourth-order valence-electron chi connectivity index (χ4n) is 4.11. The van der Waals surface area contributed by atoms with E-state index in [1.807, 2.05) is 54.6 Å². The third kappa shape index (κ3) is 6.84. The summed E-state index contributed by atoms with van der Waals surface area (Å²) in [6.07, 6.45) is 5.56. The molecule has 2 aromatic carbocycles. The van der Waals surface area contributed by atoms with Gasteiger partial charge in [0.2, 0.25) is 5.91 Å². The van der Waals surface area contributed by atoms with Gasteiger partial charge in [0.25, 0.3) is 5.91 Å². The molecule has 1 fully saturated rings. The monoisotopic (exact) mass is 436 g/mol. The number of amides is 2. The van der Waals surface area contributed by atoms with Crippen molar-refractivity contribution >= 4 is 11.8 Å². The lowest BCUT2D eigenvalue weighted by molar-refractivity contribution is -0.142. The van der Waals surface area contributed by atoms with Crippen molar-refractivity contribution in [1.29, 1.82) is 0 Å². The van der Waals surface area contributed by atoms with Gasteiger partial charge in [0.15, 0.2) is 6.61 Å². The molecule has 0 bridgehead atoms. The van der Waals surface area contributed by atoms with Crippen LogP contribution in [-0.2, 0) is 16.1 Å². The maximum atomic E-state index is 13.2. The zero-order valence-corrected chi connectivity index (χ0v) is 19.5. The number of ether oxygens (including phenoxy) is 1. The third-order valence-electron chi connectivity index (χ3n) is 6.22. The highest BCUT2D eigenvalue weighted by molar-refractivity contribution is 5.88. The number of hydrogen-bond donors (Lipinski definition) is 1. The Balaban J connectivity index is 1.66. The van der Waals surface area contributed by atoms with Crippen molar-refractivity contribution in [2.75, 3.05) is 6.61 Å². The van der Waals surface area contributed by atoms with E-state index < -0.39 is 6.04 Å². The number of benzene rings is 2. The Morgan fingerprint density at radius 1 is 0.969 bits per heavy atom. The SMILES string of the molecule is CC(C)c1ccc(OCC(=O)N(Cc2ccccc2)C(C)C(=O)NC2CCCCC2)cc1. The Labute approximate surface area is 192 Å². The summed E-state index contributed by atoms with van der Waals surface area (Å²) >= 11 is 0. The largest absolute Gasteiger partial charge is 0.484 e. The molecule has 0 aliphatic heterocycles. The Morgan fingerprint density at radius 3 is 2.25 bits per heavy atom. The van der Waals surface area contributed by atoms with Crippen LogP contribution >= 0.6 is 0 Å². The highest BCUT2D eigenvalue weighted by atomic mass is 16.5. The van der Waals surface area contributed by atoms with Crippen LogP contribution in [0.2, 0.25) is 0 Å². The van der Waals surface area contributed by atoms with E-state index in [1.54, 1.807) is 11.8 Å². The molecule has 1 saturated carbocycles. The third-order valence-corrected chi connectivity index (χ3v) is 6.22. The summed E-state index contributed by atoms with van der Waals surface area (Å²) in [5, 5.41) is 3.16. The fraction of sp³-hybridized carbons (Fsp3) is 0.481. The van der Waals surface area contributed by atoms with E-state index in [0.717, 1.165) is 31.2 Å². The smallest absolute Gasteiger partial charge is 0.261 e. The quantitative estimate of drug-likeness (QED) is 0.598. The van der Waals surface area contributed by atoms with Gasteiger partial charge in [-0.3, -0.25) is 9.59 Å². The summed E-state index contributed by atoms with van der Waals surface area (Å²) in [6.45, 7) is 6.35. The van der Waals surface area contributed by atoms with E-state index >= 15 is 0 Å². The lowest BCUT2D eigenvalue weighted by Crippen LogP contribution is -2.51. The molecule has 1 aliphatic rings. The molecular formula is C27H36N2O3. The van der Waals surface area contributed by atoms with Crippen molar-refractivity contribution in [3.63, 3.8) is 0 Å². The molecular weight excluding hydrogens is 400 g/mol. The van der Waals surface area contributed by atoms with E-state index in [2.05, 4.69) is 19.2 Å². The van der Waals surface area contributed by atoms with Crippen molar-refractivity contribution in [2.24, 2.45) is 0 Å². The van der Waals surface area contributed by atoms with Gasteiger partial charge in [0.05, 0.1) is 0 Å². The second-order valence-electron chi connectivity index (χ2n) is 9.04. The number of hydrogen-bond acceptors (Lipinski definition) is 3. The predicted molar refractivity (Wildman–Crippen MR) is 127 cm³/mol. The molecule has 1 unspecified atom stereocenters.